The third-order valence-electron chi connectivity index (χ3n) is 4.28. The molecule has 2 amide bonds. The summed E-state index contributed by atoms with van der Waals surface area (Å²) in [6.07, 6.45) is 4.28. The lowest BCUT2D eigenvalue weighted by Gasteiger charge is -2.28. The van der Waals surface area contributed by atoms with Gasteiger partial charge in [0.15, 0.2) is 0 Å². The van der Waals surface area contributed by atoms with Crippen LogP contribution in [0, 0.1) is 11.8 Å². The Kier molecular flexibility index (Phi) is 5.18. The Balaban J connectivity index is 1.97. The fraction of sp³-hybridized carbons (Fsp3) is 0.857. The zero-order chi connectivity index (χ0) is 14.7. The summed E-state index contributed by atoms with van der Waals surface area (Å²) in [5.41, 5.74) is 0. The van der Waals surface area contributed by atoms with E-state index < -0.39 is 12.0 Å². The van der Waals surface area contributed by atoms with Gasteiger partial charge in [0, 0.05) is 12.3 Å². The number of nitrogens with one attached hydrogen (secondary N) is 1. The largest absolute Gasteiger partial charge is 0.480 e. The molecular weight excluding hydrogens is 276 g/mol. The Labute approximate surface area is 124 Å². The summed E-state index contributed by atoms with van der Waals surface area (Å²) in [5.74, 6) is 0.577. The summed E-state index contributed by atoms with van der Waals surface area (Å²) in [7, 11) is 0. The molecule has 5 nitrogen and oxygen atoms in total. The van der Waals surface area contributed by atoms with Crippen LogP contribution in [0.15, 0.2) is 0 Å². The van der Waals surface area contributed by atoms with Crippen molar-refractivity contribution in [1.29, 1.82) is 0 Å². The molecule has 0 spiro atoms. The fourth-order valence-electron chi connectivity index (χ4n) is 2.62. The predicted molar refractivity (Wildman–Crippen MR) is 79.7 cm³/mol. The molecule has 2 rings (SSSR count). The molecular formula is C14H24N2O3S. The SMILES string of the molecule is CCC(CC)CNC(=O)N1C(C(=O)O)CSC1C1CC1. The van der Waals surface area contributed by atoms with Gasteiger partial charge in [0.25, 0.3) is 0 Å². The van der Waals surface area contributed by atoms with E-state index in [4.69, 9.17) is 0 Å². The zero-order valence-electron chi connectivity index (χ0n) is 12.2. The molecule has 0 aromatic rings. The number of urea groups is 1. The topological polar surface area (TPSA) is 69.6 Å². The van der Waals surface area contributed by atoms with Crippen LogP contribution in [0.1, 0.15) is 39.5 Å². The van der Waals surface area contributed by atoms with Crippen LogP contribution in [0.4, 0.5) is 4.79 Å². The molecule has 0 aromatic heterocycles. The number of aliphatic carboxylic acids is 1. The number of nitrogens with zero attached hydrogens (tertiary/aromatic N) is 1. The Morgan fingerprint density at radius 3 is 2.50 bits per heavy atom. The van der Waals surface area contributed by atoms with Gasteiger partial charge in [-0.25, -0.2) is 9.59 Å². The number of carbonyl (C=O) groups excluding carboxylic acids is 1. The van der Waals surface area contributed by atoms with Crippen molar-refractivity contribution in [2.45, 2.75) is 50.9 Å². The Morgan fingerprint density at radius 1 is 1.35 bits per heavy atom. The van der Waals surface area contributed by atoms with Crippen molar-refractivity contribution in [3.63, 3.8) is 0 Å². The molecule has 2 N–H and O–H groups in total. The monoisotopic (exact) mass is 300 g/mol. The minimum atomic E-state index is -0.890. The summed E-state index contributed by atoms with van der Waals surface area (Å²) in [6, 6.07) is -0.876. The van der Waals surface area contributed by atoms with Gasteiger partial charge in [-0.3, -0.25) is 4.90 Å². The highest BCUT2D eigenvalue weighted by atomic mass is 32.2. The van der Waals surface area contributed by atoms with Gasteiger partial charge in [0.2, 0.25) is 0 Å². The third kappa shape index (κ3) is 3.40. The molecule has 20 heavy (non-hydrogen) atoms. The van der Waals surface area contributed by atoms with Crippen molar-refractivity contribution in [1.82, 2.24) is 10.2 Å². The maximum absolute atomic E-state index is 12.4. The van der Waals surface area contributed by atoms with Crippen LogP contribution in [0.5, 0.6) is 0 Å². The van der Waals surface area contributed by atoms with Crippen LogP contribution in [-0.2, 0) is 4.79 Å². The first-order valence-electron chi connectivity index (χ1n) is 7.49. The molecule has 2 unspecified atom stereocenters. The average molecular weight is 300 g/mol. The number of hydrogen-bond acceptors (Lipinski definition) is 3. The lowest BCUT2D eigenvalue weighted by molar-refractivity contribution is -0.141. The normalized spacial score (nSPS) is 26.1. The van der Waals surface area contributed by atoms with Crippen molar-refractivity contribution in [2.75, 3.05) is 12.3 Å². The summed E-state index contributed by atoms with van der Waals surface area (Å²) in [4.78, 5) is 25.3. The zero-order valence-corrected chi connectivity index (χ0v) is 13.0. The molecule has 1 heterocycles. The Morgan fingerprint density at radius 2 is 2.00 bits per heavy atom. The molecule has 2 aliphatic rings. The molecule has 0 radical (unpaired) electrons. The first-order chi connectivity index (χ1) is 9.58. The van der Waals surface area contributed by atoms with E-state index in [1.54, 1.807) is 16.7 Å². The highest BCUT2D eigenvalue weighted by Crippen LogP contribution is 2.45. The molecule has 6 heteroatoms. The van der Waals surface area contributed by atoms with Crippen LogP contribution in [-0.4, -0.2) is 45.7 Å². The van der Waals surface area contributed by atoms with Crippen molar-refractivity contribution < 1.29 is 14.7 Å². The standard InChI is InChI=1S/C14H24N2O3S/c1-3-9(4-2)7-15-14(19)16-11(13(17)18)8-20-12(16)10-5-6-10/h9-12H,3-8H2,1-2H3,(H,15,19)(H,17,18). The average Bonchev–Trinajstić information content (AvgIpc) is 3.17. The number of carboxylic acids is 1. The van der Waals surface area contributed by atoms with Gasteiger partial charge in [-0.1, -0.05) is 26.7 Å². The molecule has 0 aromatic carbocycles. The molecule has 2 atom stereocenters. The summed E-state index contributed by atoms with van der Waals surface area (Å²) in [5, 5.41) is 12.3. The number of hydrogen-bond donors (Lipinski definition) is 2. The second kappa shape index (κ2) is 6.70. The van der Waals surface area contributed by atoms with Crippen LogP contribution in [0.2, 0.25) is 0 Å². The van der Waals surface area contributed by atoms with E-state index >= 15 is 0 Å². The van der Waals surface area contributed by atoms with Crippen molar-refractivity contribution in [2.24, 2.45) is 11.8 Å². The van der Waals surface area contributed by atoms with Gasteiger partial charge in [0.05, 0.1) is 5.37 Å². The second-order valence-electron chi connectivity index (χ2n) is 5.69. The van der Waals surface area contributed by atoms with E-state index in [9.17, 15) is 14.7 Å². The van der Waals surface area contributed by atoms with Gasteiger partial charge in [-0.05, 0) is 24.7 Å². The fourth-order valence-corrected chi connectivity index (χ4v) is 4.25. The summed E-state index contributed by atoms with van der Waals surface area (Å²) >= 11 is 1.62. The van der Waals surface area contributed by atoms with Crippen LogP contribution >= 0.6 is 11.8 Å². The Bertz CT molecular complexity index is 369. The first-order valence-corrected chi connectivity index (χ1v) is 8.53. The lowest BCUT2D eigenvalue weighted by Crippen LogP contribution is -2.51. The maximum Gasteiger partial charge on any atom is 0.327 e. The van der Waals surface area contributed by atoms with Gasteiger partial charge >= 0.3 is 12.0 Å². The quantitative estimate of drug-likeness (QED) is 0.790. The number of thioether (sulfide) groups is 1. The van der Waals surface area contributed by atoms with Gasteiger partial charge < -0.3 is 10.4 Å². The second-order valence-corrected chi connectivity index (χ2v) is 6.84. The smallest absolute Gasteiger partial charge is 0.327 e. The van der Waals surface area contributed by atoms with Crippen molar-refractivity contribution >= 4 is 23.8 Å². The highest BCUT2D eigenvalue weighted by molar-refractivity contribution is 8.00. The lowest BCUT2D eigenvalue weighted by atomic mass is 10.0. The van der Waals surface area contributed by atoms with Gasteiger partial charge in [0.1, 0.15) is 6.04 Å². The molecule has 1 saturated heterocycles. The minimum Gasteiger partial charge on any atom is -0.480 e. The van der Waals surface area contributed by atoms with E-state index in [1.165, 1.54) is 0 Å². The maximum atomic E-state index is 12.4. The van der Waals surface area contributed by atoms with E-state index in [-0.39, 0.29) is 11.4 Å². The first kappa shape index (κ1) is 15.5. The van der Waals surface area contributed by atoms with E-state index in [2.05, 4.69) is 19.2 Å². The van der Waals surface area contributed by atoms with Crippen LogP contribution in [0.3, 0.4) is 0 Å². The van der Waals surface area contributed by atoms with E-state index in [0.717, 1.165) is 25.7 Å². The van der Waals surface area contributed by atoms with Crippen LogP contribution < -0.4 is 5.32 Å². The van der Waals surface area contributed by atoms with Gasteiger partial charge in [-0.2, -0.15) is 0 Å². The third-order valence-corrected chi connectivity index (χ3v) is 5.74. The molecule has 0 bridgehead atoms. The highest BCUT2D eigenvalue weighted by Gasteiger charge is 2.48. The molecule has 2 fully saturated rings. The molecule has 1 aliphatic heterocycles. The summed E-state index contributed by atoms with van der Waals surface area (Å²) in [6.45, 7) is 4.86. The van der Waals surface area contributed by atoms with Crippen molar-refractivity contribution in [3.05, 3.63) is 0 Å². The van der Waals surface area contributed by atoms with E-state index in [1.807, 2.05) is 0 Å². The molecule has 114 valence electrons. The van der Waals surface area contributed by atoms with Gasteiger partial charge in [-0.15, -0.1) is 11.8 Å². The van der Waals surface area contributed by atoms with Crippen molar-refractivity contribution in [3.8, 4) is 0 Å². The number of rotatable bonds is 6. The number of amides is 2. The minimum absolute atomic E-state index is 0.0535. The Hall–Kier alpha value is -0.910. The summed E-state index contributed by atoms with van der Waals surface area (Å²) < 4.78 is 0. The predicted octanol–water partition coefficient (Wildman–Crippen LogP) is 2.37. The van der Waals surface area contributed by atoms with Crippen LogP contribution in [0.25, 0.3) is 0 Å². The van der Waals surface area contributed by atoms with E-state index in [0.29, 0.717) is 24.1 Å². The number of carbonyl (C=O) groups is 2. The molecule has 1 aliphatic carbocycles. The molecule has 1 saturated carbocycles. The number of carboxylic acid groups (broad SMARTS) is 1.